The van der Waals surface area contributed by atoms with Crippen LogP contribution in [0.4, 0.5) is 11.5 Å². The Morgan fingerprint density at radius 2 is 2.00 bits per heavy atom. The van der Waals surface area contributed by atoms with Crippen molar-refractivity contribution in [3.63, 3.8) is 0 Å². The van der Waals surface area contributed by atoms with E-state index < -0.39 is 11.9 Å². The molecule has 1 aromatic heterocycles. The standard InChI is InChI=1S/C26H30N4O2/c1-17-10-11-19(15-21(17)18(2)26(31)32)12-14-27-24(20-7-4-3-5-8-20)23-16-29-22-9-6-13-28-25(22)30-23/h3-11,13,15,18,23-24,27,29H,12,14,16H2,1-2H3,(H,28,30)(H,31,32)/t18-,23+,24+/m0/s1. The van der Waals surface area contributed by atoms with Crippen LogP contribution in [0, 0.1) is 6.92 Å². The second-order valence-corrected chi connectivity index (χ2v) is 8.37. The third-order valence-corrected chi connectivity index (χ3v) is 6.16. The highest BCUT2D eigenvalue weighted by atomic mass is 16.4. The molecule has 166 valence electrons. The molecule has 1 aliphatic heterocycles. The van der Waals surface area contributed by atoms with E-state index in [2.05, 4.69) is 51.3 Å². The number of hydrogen-bond donors (Lipinski definition) is 4. The number of aliphatic carboxylic acids is 1. The normalized spacial score (nSPS) is 16.9. The van der Waals surface area contributed by atoms with Crippen LogP contribution in [0.5, 0.6) is 0 Å². The molecular weight excluding hydrogens is 400 g/mol. The minimum absolute atomic E-state index is 0.0988. The molecule has 0 unspecified atom stereocenters. The predicted octanol–water partition coefficient (Wildman–Crippen LogP) is 4.36. The summed E-state index contributed by atoms with van der Waals surface area (Å²) in [7, 11) is 0. The van der Waals surface area contributed by atoms with Gasteiger partial charge in [-0.25, -0.2) is 4.98 Å². The molecule has 6 heteroatoms. The molecule has 0 saturated heterocycles. The van der Waals surface area contributed by atoms with E-state index in [9.17, 15) is 9.90 Å². The molecule has 32 heavy (non-hydrogen) atoms. The number of carbonyl (C=O) groups is 1. The first kappa shape index (κ1) is 21.8. The monoisotopic (exact) mass is 430 g/mol. The number of anilines is 2. The number of fused-ring (bicyclic) bond motifs is 1. The molecular formula is C26H30N4O2. The van der Waals surface area contributed by atoms with Crippen LogP contribution in [-0.2, 0) is 11.2 Å². The molecule has 0 bridgehead atoms. The quantitative estimate of drug-likeness (QED) is 0.425. The lowest BCUT2D eigenvalue weighted by molar-refractivity contribution is -0.138. The third-order valence-electron chi connectivity index (χ3n) is 6.16. The first-order valence-electron chi connectivity index (χ1n) is 11.1. The minimum atomic E-state index is -0.794. The zero-order chi connectivity index (χ0) is 22.5. The van der Waals surface area contributed by atoms with E-state index in [1.54, 1.807) is 13.1 Å². The average molecular weight is 431 g/mol. The highest BCUT2D eigenvalue weighted by Crippen LogP contribution is 2.28. The summed E-state index contributed by atoms with van der Waals surface area (Å²) in [6.45, 7) is 5.27. The second-order valence-electron chi connectivity index (χ2n) is 8.37. The van der Waals surface area contributed by atoms with Crippen molar-refractivity contribution >= 4 is 17.5 Å². The van der Waals surface area contributed by atoms with Crippen molar-refractivity contribution in [2.75, 3.05) is 23.7 Å². The van der Waals surface area contributed by atoms with Gasteiger partial charge in [0.05, 0.1) is 23.7 Å². The van der Waals surface area contributed by atoms with Crippen molar-refractivity contribution in [1.82, 2.24) is 10.3 Å². The fourth-order valence-electron chi connectivity index (χ4n) is 4.28. The summed E-state index contributed by atoms with van der Waals surface area (Å²) >= 11 is 0. The van der Waals surface area contributed by atoms with Crippen molar-refractivity contribution in [2.45, 2.75) is 38.3 Å². The molecule has 3 aromatic rings. The van der Waals surface area contributed by atoms with Gasteiger partial charge in [0.1, 0.15) is 5.82 Å². The lowest BCUT2D eigenvalue weighted by Crippen LogP contribution is -2.44. The van der Waals surface area contributed by atoms with E-state index in [-0.39, 0.29) is 12.1 Å². The Morgan fingerprint density at radius 1 is 1.19 bits per heavy atom. The number of nitrogens with one attached hydrogen (secondary N) is 3. The molecule has 0 saturated carbocycles. The summed E-state index contributed by atoms with van der Waals surface area (Å²) in [6.07, 6.45) is 2.62. The number of aryl methyl sites for hydroxylation is 1. The summed E-state index contributed by atoms with van der Waals surface area (Å²) < 4.78 is 0. The summed E-state index contributed by atoms with van der Waals surface area (Å²) in [6, 6.07) is 20.8. The molecule has 2 heterocycles. The molecule has 0 aliphatic carbocycles. The predicted molar refractivity (Wildman–Crippen MR) is 128 cm³/mol. The number of rotatable bonds is 8. The summed E-state index contributed by atoms with van der Waals surface area (Å²) in [4.78, 5) is 15.9. The van der Waals surface area contributed by atoms with Crippen molar-refractivity contribution in [3.8, 4) is 0 Å². The van der Waals surface area contributed by atoms with Crippen LogP contribution in [0.25, 0.3) is 0 Å². The molecule has 1 aliphatic rings. The van der Waals surface area contributed by atoms with E-state index in [0.29, 0.717) is 0 Å². The van der Waals surface area contributed by atoms with Gasteiger partial charge in [0.15, 0.2) is 0 Å². The maximum Gasteiger partial charge on any atom is 0.310 e. The molecule has 3 atom stereocenters. The Morgan fingerprint density at radius 3 is 2.78 bits per heavy atom. The van der Waals surface area contributed by atoms with Gasteiger partial charge in [-0.3, -0.25) is 4.79 Å². The first-order valence-corrected chi connectivity index (χ1v) is 11.1. The van der Waals surface area contributed by atoms with Crippen LogP contribution >= 0.6 is 0 Å². The molecule has 6 nitrogen and oxygen atoms in total. The maximum absolute atomic E-state index is 11.5. The molecule has 4 N–H and O–H groups in total. The number of pyridine rings is 1. The van der Waals surface area contributed by atoms with Gasteiger partial charge in [-0.2, -0.15) is 0 Å². The van der Waals surface area contributed by atoms with Gasteiger partial charge < -0.3 is 21.1 Å². The second kappa shape index (κ2) is 9.83. The van der Waals surface area contributed by atoms with Gasteiger partial charge >= 0.3 is 5.97 Å². The van der Waals surface area contributed by atoms with Gasteiger partial charge in [0.25, 0.3) is 0 Å². The average Bonchev–Trinajstić information content (AvgIpc) is 2.82. The smallest absolute Gasteiger partial charge is 0.310 e. The molecule has 0 fully saturated rings. The zero-order valence-electron chi connectivity index (χ0n) is 18.5. The van der Waals surface area contributed by atoms with Gasteiger partial charge in [0, 0.05) is 12.7 Å². The van der Waals surface area contributed by atoms with Crippen molar-refractivity contribution in [3.05, 3.63) is 89.1 Å². The Labute approximate surface area is 189 Å². The molecule has 0 spiro atoms. The number of aromatic nitrogens is 1. The molecule has 4 rings (SSSR count). The van der Waals surface area contributed by atoms with Crippen molar-refractivity contribution in [2.24, 2.45) is 0 Å². The summed E-state index contributed by atoms with van der Waals surface area (Å²) in [5.74, 6) is -0.431. The third kappa shape index (κ3) is 4.92. The fraction of sp³-hybridized carbons (Fsp3) is 0.308. The number of benzene rings is 2. The Kier molecular flexibility index (Phi) is 6.71. The number of carboxylic acids is 1. The van der Waals surface area contributed by atoms with Crippen LogP contribution in [0.2, 0.25) is 0 Å². The largest absolute Gasteiger partial charge is 0.481 e. The van der Waals surface area contributed by atoms with Gasteiger partial charge in [-0.05, 0) is 61.2 Å². The number of carboxylic acid groups (broad SMARTS) is 1. The SMILES string of the molecule is Cc1ccc(CCN[C@H](c2ccccc2)[C@H]2CNc3cccnc3N2)cc1[C@H](C)C(=O)O. The highest BCUT2D eigenvalue weighted by molar-refractivity contribution is 5.76. The van der Waals surface area contributed by atoms with E-state index in [4.69, 9.17) is 0 Å². The van der Waals surface area contributed by atoms with Gasteiger partial charge in [-0.1, -0.05) is 48.5 Å². The van der Waals surface area contributed by atoms with E-state index in [0.717, 1.165) is 47.7 Å². The van der Waals surface area contributed by atoms with E-state index in [1.807, 2.05) is 37.3 Å². The Bertz CT molecular complexity index is 1070. The van der Waals surface area contributed by atoms with Crippen molar-refractivity contribution in [1.29, 1.82) is 0 Å². The van der Waals surface area contributed by atoms with Gasteiger partial charge in [0.2, 0.25) is 0 Å². The van der Waals surface area contributed by atoms with Crippen LogP contribution in [0.3, 0.4) is 0 Å². The summed E-state index contributed by atoms with van der Waals surface area (Å²) in [5, 5.41) is 20.2. The number of nitrogens with zero attached hydrogens (tertiary/aromatic N) is 1. The van der Waals surface area contributed by atoms with Crippen LogP contribution in [0.15, 0.2) is 66.9 Å². The van der Waals surface area contributed by atoms with Crippen LogP contribution in [-0.4, -0.2) is 35.2 Å². The topological polar surface area (TPSA) is 86.3 Å². The first-order chi connectivity index (χ1) is 15.5. The molecule has 0 radical (unpaired) electrons. The minimum Gasteiger partial charge on any atom is -0.481 e. The van der Waals surface area contributed by atoms with Gasteiger partial charge in [-0.15, -0.1) is 0 Å². The number of hydrogen-bond acceptors (Lipinski definition) is 5. The van der Waals surface area contributed by atoms with Crippen LogP contribution in [0.1, 0.15) is 41.1 Å². The fourth-order valence-corrected chi connectivity index (χ4v) is 4.28. The van der Waals surface area contributed by atoms with Crippen LogP contribution < -0.4 is 16.0 Å². The lowest BCUT2D eigenvalue weighted by atomic mass is 9.93. The van der Waals surface area contributed by atoms with E-state index in [1.165, 1.54) is 5.56 Å². The zero-order valence-corrected chi connectivity index (χ0v) is 18.5. The molecule has 2 aromatic carbocycles. The lowest BCUT2D eigenvalue weighted by Gasteiger charge is -2.34. The Hall–Kier alpha value is -3.38. The van der Waals surface area contributed by atoms with Crippen molar-refractivity contribution < 1.29 is 9.90 Å². The summed E-state index contributed by atoms with van der Waals surface area (Å²) in [5.41, 5.74) is 5.28. The Balaban J connectivity index is 1.47. The highest BCUT2D eigenvalue weighted by Gasteiger charge is 2.27. The maximum atomic E-state index is 11.5. The van der Waals surface area contributed by atoms with E-state index >= 15 is 0 Å². The molecule has 0 amide bonds.